The third-order valence-electron chi connectivity index (χ3n) is 2.58. The normalized spacial score (nSPS) is 14.6. The van der Waals surface area contributed by atoms with E-state index in [1.165, 1.54) is 0 Å². The molecule has 2 unspecified atom stereocenters. The zero-order chi connectivity index (χ0) is 16.2. The fourth-order valence-electron chi connectivity index (χ4n) is 1.66. The van der Waals surface area contributed by atoms with Gasteiger partial charge in [0.05, 0.1) is 11.7 Å². The molecule has 0 saturated carbocycles. The SMILES string of the molecule is NCCC(O)C(O)c1cc(OC(F)(F)F)cc(C(=O)O)c1. The van der Waals surface area contributed by atoms with Gasteiger partial charge in [0.25, 0.3) is 0 Å². The molecule has 1 aromatic carbocycles. The molecule has 0 fully saturated rings. The Hall–Kier alpha value is -1.84. The molecule has 21 heavy (non-hydrogen) atoms. The molecule has 1 rings (SSSR count). The van der Waals surface area contributed by atoms with Gasteiger partial charge >= 0.3 is 12.3 Å². The minimum absolute atomic E-state index is 0.00602. The minimum Gasteiger partial charge on any atom is -0.478 e. The summed E-state index contributed by atoms with van der Waals surface area (Å²) in [4.78, 5) is 10.9. The summed E-state index contributed by atoms with van der Waals surface area (Å²) in [5, 5.41) is 28.3. The van der Waals surface area contributed by atoms with Gasteiger partial charge in [0.15, 0.2) is 0 Å². The Morgan fingerprint density at radius 2 is 1.90 bits per heavy atom. The van der Waals surface area contributed by atoms with Crippen LogP contribution in [0.5, 0.6) is 5.75 Å². The summed E-state index contributed by atoms with van der Waals surface area (Å²) in [6.45, 7) is 0.0444. The number of aliphatic hydroxyl groups is 2. The lowest BCUT2D eigenvalue weighted by Crippen LogP contribution is -2.22. The summed E-state index contributed by atoms with van der Waals surface area (Å²) >= 11 is 0. The number of hydrogen-bond donors (Lipinski definition) is 4. The second-order valence-electron chi connectivity index (χ2n) is 4.23. The molecule has 0 bridgehead atoms. The molecule has 0 aromatic heterocycles. The van der Waals surface area contributed by atoms with Crippen molar-refractivity contribution in [2.45, 2.75) is 25.0 Å². The molecule has 6 nitrogen and oxygen atoms in total. The predicted molar refractivity (Wildman–Crippen MR) is 64.7 cm³/mol. The molecule has 0 aliphatic carbocycles. The monoisotopic (exact) mass is 309 g/mol. The van der Waals surface area contributed by atoms with E-state index in [9.17, 15) is 28.2 Å². The van der Waals surface area contributed by atoms with Crippen molar-refractivity contribution in [3.63, 3.8) is 0 Å². The Bertz CT molecular complexity index is 506. The van der Waals surface area contributed by atoms with Crippen molar-refractivity contribution in [1.29, 1.82) is 0 Å². The first-order valence-electron chi connectivity index (χ1n) is 5.84. The van der Waals surface area contributed by atoms with Crippen molar-refractivity contribution in [3.8, 4) is 5.75 Å². The zero-order valence-electron chi connectivity index (χ0n) is 10.7. The number of hydrogen-bond acceptors (Lipinski definition) is 5. The first-order chi connectivity index (χ1) is 9.64. The predicted octanol–water partition coefficient (Wildman–Crippen LogP) is 1.03. The Labute approximate surface area is 117 Å². The van der Waals surface area contributed by atoms with E-state index >= 15 is 0 Å². The molecule has 0 amide bonds. The van der Waals surface area contributed by atoms with Crippen LogP contribution in [0.3, 0.4) is 0 Å². The number of ether oxygens (including phenoxy) is 1. The standard InChI is InChI=1S/C12H14F3NO5/c13-12(14,15)21-8-4-6(3-7(5-8)11(19)20)10(18)9(17)1-2-16/h3-5,9-10,17-18H,1-2,16H2,(H,19,20). The second kappa shape index (κ2) is 6.74. The van der Waals surface area contributed by atoms with Crippen molar-refractivity contribution in [1.82, 2.24) is 0 Å². The van der Waals surface area contributed by atoms with Crippen molar-refractivity contribution in [2.24, 2.45) is 5.73 Å². The van der Waals surface area contributed by atoms with Gasteiger partial charge in [0, 0.05) is 0 Å². The molecule has 9 heteroatoms. The van der Waals surface area contributed by atoms with Crippen LogP contribution in [0.2, 0.25) is 0 Å². The van der Waals surface area contributed by atoms with Gasteiger partial charge in [-0.05, 0) is 36.7 Å². The molecule has 0 spiro atoms. The van der Waals surface area contributed by atoms with Gasteiger partial charge in [-0.25, -0.2) is 4.79 Å². The molecular weight excluding hydrogens is 295 g/mol. The molecule has 5 N–H and O–H groups in total. The van der Waals surface area contributed by atoms with Gasteiger partial charge in [-0.2, -0.15) is 0 Å². The van der Waals surface area contributed by atoms with E-state index in [-0.39, 0.29) is 18.5 Å². The number of aliphatic hydroxyl groups excluding tert-OH is 2. The average Bonchev–Trinajstić information content (AvgIpc) is 2.35. The highest BCUT2D eigenvalue weighted by Gasteiger charge is 2.32. The molecule has 0 aliphatic rings. The largest absolute Gasteiger partial charge is 0.573 e. The van der Waals surface area contributed by atoms with Crippen LogP contribution >= 0.6 is 0 Å². The third kappa shape index (κ3) is 5.21. The van der Waals surface area contributed by atoms with E-state index in [1.807, 2.05) is 0 Å². The highest BCUT2D eigenvalue weighted by molar-refractivity contribution is 5.88. The van der Waals surface area contributed by atoms with Crippen LogP contribution < -0.4 is 10.5 Å². The van der Waals surface area contributed by atoms with Crippen molar-refractivity contribution in [3.05, 3.63) is 29.3 Å². The van der Waals surface area contributed by atoms with E-state index in [0.29, 0.717) is 6.07 Å². The molecule has 0 saturated heterocycles. The molecule has 0 heterocycles. The maximum atomic E-state index is 12.2. The van der Waals surface area contributed by atoms with Gasteiger partial charge in [-0.15, -0.1) is 13.2 Å². The Balaban J connectivity index is 3.16. The lowest BCUT2D eigenvalue weighted by molar-refractivity contribution is -0.274. The number of rotatable bonds is 6. The second-order valence-corrected chi connectivity index (χ2v) is 4.23. The van der Waals surface area contributed by atoms with E-state index in [2.05, 4.69) is 4.74 Å². The number of aromatic carboxylic acids is 1. The van der Waals surface area contributed by atoms with Crippen LogP contribution in [-0.4, -0.2) is 40.3 Å². The van der Waals surface area contributed by atoms with E-state index in [4.69, 9.17) is 10.8 Å². The molecule has 0 aliphatic heterocycles. The highest BCUT2D eigenvalue weighted by Crippen LogP contribution is 2.29. The molecular formula is C12H14F3NO5. The first-order valence-corrected chi connectivity index (χ1v) is 5.84. The third-order valence-corrected chi connectivity index (χ3v) is 2.58. The summed E-state index contributed by atoms with van der Waals surface area (Å²) in [5.41, 5.74) is 4.48. The van der Waals surface area contributed by atoms with Gasteiger partial charge in [-0.1, -0.05) is 0 Å². The van der Waals surface area contributed by atoms with E-state index in [0.717, 1.165) is 12.1 Å². The zero-order valence-corrected chi connectivity index (χ0v) is 10.7. The number of nitrogens with two attached hydrogens (primary N) is 1. The van der Waals surface area contributed by atoms with Crippen LogP contribution in [-0.2, 0) is 0 Å². The summed E-state index contributed by atoms with van der Waals surface area (Å²) in [6.07, 6.45) is -7.93. The number of halogens is 3. The van der Waals surface area contributed by atoms with Crippen molar-refractivity contribution in [2.75, 3.05) is 6.54 Å². The number of alkyl halides is 3. The fourth-order valence-corrected chi connectivity index (χ4v) is 1.66. The summed E-state index contributed by atoms with van der Waals surface area (Å²) in [6, 6.07) is 2.43. The first kappa shape index (κ1) is 17.2. The number of carbonyl (C=O) groups is 1. The maximum absolute atomic E-state index is 12.2. The van der Waals surface area contributed by atoms with Crippen LogP contribution in [0.25, 0.3) is 0 Å². The van der Waals surface area contributed by atoms with Crippen LogP contribution in [0.1, 0.15) is 28.4 Å². The number of carboxylic acids is 1. The van der Waals surface area contributed by atoms with Crippen LogP contribution in [0, 0.1) is 0 Å². The van der Waals surface area contributed by atoms with E-state index in [1.54, 1.807) is 0 Å². The summed E-state index contributed by atoms with van der Waals surface area (Å²) < 4.78 is 40.2. The van der Waals surface area contributed by atoms with Crippen LogP contribution in [0.15, 0.2) is 18.2 Å². The fraction of sp³-hybridized carbons (Fsp3) is 0.417. The van der Waals surface area contributed by atoms with E-state index < -0.39 is 35.9 Å². The lowest BCUT2D eigenvalue weighted by atomic mass is 9.99. The maximum Gasteiger partial charge on any atom is 0.573 e. The molecule has 1 aromatic rings. The quantitative estimate of drug-likeness (QED) is 0.624. The molecule has 0 radical (unpaired) electrons. The Morgan fingerprint density at radius 3 is 2.38 bits per heavy atom. The topological polar surface area (TPSA) is 113 Å². The average molecular weight is 309 g/mol. The Kier molecular flexibility index (Phi) is 5.53. The van der Waals surface area contributed by atoms with Gasteiger partial charge < -0.3 is 25.8 Å². The lowest BCUT2D eigenvalue weighted by Gasteiger charge is -2.19. The highest BCUT2D eigenvalue weighted by atomic mass is 19.4. The Morgan fingerprint density at radius 1 is 1.29 bits per heavy atom. The minimum atomic E-state index is -5.00. The van der Waals surface area contributed by atoms with Gasteiger partial charge in [-0.3, -0.25) is 0 Å². The number of benzene rings is 1. The smallest absolute Gasteiger partial charge is 0.478 e. The summed E-state index contributed by atoms with van der Waals surface area (Å²) in [7, 11) is 0. The molecule has 2 atom stereocenters. The number of carboxylic acid groups (broad SMARTS) is 1. The van der Waals surface area contributed by atoms with Crippen molar-refractivity contribution >= 4 is 5.97 Å². The van der Waals surface area contributed by atoms with Crippen LogP contribution in [0.4, 0.5) is 13.2 Å². The van der Waals surface area contributed by atoms with Gasteiger partial charge in [0.1, 0.15) is 11.9 Å². The van der Waals surface area contributed by atoms with Crippen molar-refractivity contribution < 1.29 is 38.0 Å². The van der Waals surface area contributed by atoms with Gasteiger partial charge in [0.2, 0.25) is 0 Å². The summed E-state index contributed by atoms with van der Waals surface area (Å²) in [5.74, 6) is -2.29. The molecule has 118 valence electrons.